The maximum atomic E-state index is 9.51. The first kappa shape index (κ1) is 42.4. The molecule has 7 heteroatoms. The van der Waals surface area contributed by atoms with Gasteiger partial charge in [-0.3, -0.25) is 4.57 Å². The molecule has 0 bridgehead atoms. The third-order valence-electron chi connectivity index (χ3n) is 15.0. The fourth-order valence-corrected chi connectivity index (χ4v) is 11.0. The summed E-state index contributed by atoms with van der Waals surface area (Å²) in [6.45, 7) is 33.4. The van der Waals surface area contributed by atoms with Gasteiger partial charge in [-0.15, -0.1) is 0 Å². The molecule has 0 atom stereocenters. The highest BCUT2D eigenvalue weighted by atomic mass is 16.5. The molecule has 0 saturated carbocycles. The van der Waals surface area contributed by atoms with E-state index in [1.54, 1.807) is 12.1 Å². The van der Waals surface area contributed by atoms with E-state index in [-0.39, 0.29) is 41.3 Å². The minimum absolute atomic E-state index is 0.0868. The van der Waals surface area contributed by atoms with Crippen LogP contribution >= 0.6 is 0 Å². The summed E-state index contributed by atoms with van der Waals surface area (Å²) in [6.07, 6.45) is -1.91. The van der Waals surface area contributed by atoms with E-state index in [1.165, 1.54) is 6.07 Å². The molecular weight excluding hydrogens is 967 g/mol. The largest absolute Gasteiger partial charge is 0.466 e. The lowest BCUT2D eigenvalue weighted by molar-refractivity contribution is 0.411. The molecule has 12 rings (SSSR count). The number of aromatic nitrogens is 2. The second-order valence-corrected chi connectivity index (χ2v) is 25.0. The fourth-order valence-electron chi connectivity index (χ4n) is 11.0. The SMILES string of the molecule is [2H]c1cc(C([2H])([2H])C(C)(C)C)cc(-n2c3cc(Oc4cccc(N5CN(c6c(-c7cc(C(C)(C)C)cc(C(C)(C)C)c7)cc(C(C)(C)C)cc6-c6c([2H])c([2H])c([2H])c([2H])c6[2H])c6ccccc65)c4)ccc3c3c4oc5c([N+]#[C-])cccc5c4ccc32)n1. The van der Waals surface area contributed by atoms with Gasteiger partial charge in [-0.2, -0.15) is 0 Å². The molecule has 7 nitrogen and oxygen atoms in total. The van der Waals surface area contributed by atoms with Crippen molar-refractivity contribution in [1.82, 2.24) is 9.55 Å². The van der Waals surface area contributed by atoms with Crippen LogP contribution in [0.25, 0.3) is 76.7 Å². The third kappa shape index (κ3) is 9.37. The Kier molecular flexibility index (Phi) is 10.1. The lowest BCUT2D eigenvalue weighted by Gasteiger charge is -2.31. The van der Waals surface area contributed by atoms with E-state index in [4.69, 9.17) is 26.2 Å². The molecule has 8 aromatic carbocycles. The van der Waals surface area contributed by atoms with Crippen molar-refractivity contribution in [3.63, 3.8) is 0 Å². The summed E-state index contributed by atoms with van der Waals surface area (Å²) in [5.74, 6) is 1.38. The molecule has 0 saturated heterocycles. The van der Waals surface area contributed by atoms with E-state index in [2.05, 4.69) is 113 Å². The Balaban J connectivity index is 1.02. The van der Waals surface area contributed by atoms with Gasteiger partial charge in [0.15, 0.2) is 0 Å². The maximum Gasteiger partial charge on any atom is 0.229 e. The molecule has 79 heavy (non-hydrogen) atoms. The summed E-state index contributed by atoms with van der Waals surface area (Å²) in [4.78, 5) is 12.9. The van der Waals surface area contributed by atoms with Crippen LogP contribution in [0.2, 0.25) is 0 Å². The first-order chi connectivity index (χ1) is 40.8. The molecule has 3 aromatic heterocycles. The smallest absolute Gasteiger partial charge is 0.229 e. The highest BCUT2D eigenvalue weighted by Crippen LogP contribution is 2.53. The average molecular weight is 1040 g/mol. The van der Waals surface area contributed by atoms with Gasteiger partial charge in [-0.25, -0.2) is 9.83 Å². The van der Waals surface area contributed by atoms with Gasteiger partial charge in [0, 0.05) is 54.0 Å². The summed E-state index contributed by atoms with van der Waals surface area (Å²) >= 11 is 0. The second kappa shape index (κ2) is 18.8. The van der Waals surface area contributed by atoms with Crippen molar-refractivity contribution in [2.24, 2.45) is 5.41 Å². The second-order valence-electron chi connectivity index (χ2n) is 25.0. The molecule has 0 amide bonds. The Morgan fingerprint density at radius 1 is 0.595 bits per heavy atom. The van der Waals surface area contributed by atoms with Crippen molar-refractivity contribution in [2.45, 2.75) is 106 Å². The minimum Gasteiger partial charge on any atom is -0.466 e. The van der Waals surface area contributed by atoms with Crippen LogP contribution in [0.1, 0.15) is 116 Å². The number of fused-ring (bicyclic) bond motifs is 8. The zero-order chi connectivity index (χ0) is 62.4. The highest BCUT2D eigenvalue weighted by molar-refractivity contribution is 6.24. The molecule has 0 spiro atoms. The number of furan rings is 1. The summed E-state index contributed by atoms with van der Waals surface area (Å²) in [6, 6.07) is 43.7. The van der Waals surface area contributed by atoms with Crippen LogP contribution in [0.3, 0.4) is 0 Å². The van der Waals surface area contributed by atoms with Crippen molar-refractivity contribution in [2.75, 3.05) is 16.5 Å². The van der Waals surface area contributed by atoms with Crippen molar-refractivity contribution < 1.29 is 20.1 Å². The number of hydrogen-bond donors (Lipinski definition) is 0. The topological polar surface area (TPSA) is 51.0 Å². The first-order valence-electron chi connectivity index (χ1n) is 31.0. The summed E-state index contributed by atoms with van der Waals surface area (Å²) < 4.78 is 88.6. The number of nitrogens with zero attached hydrogens (tertiary/aromatic N) is 5. The van der Waals surface area contributed by atoms with Crippen LogP contribution < -0.4 is 14.5 Å². The number of pyridine rings is 1. The van der Waals surface area contributed by atoms with Gasteiger partial charge in [-0.05, 0) is 134 Å². The molecule has 0 fully saturated rings. The number of anilines is 4. The molecule has 0 radical (unpaired) electrons. The van der Waals surface area contributed by atoms with Gasteiger partial charge in [-0.1, -0.05) is 168 Å². The van der Waals surface area contributed by atoms with Crippen LogP contribution in [0, 0.1) is 12.0 Å². The predicted molar refractivity (Wildman–Crippen MR) is 331 cm³/mol. The number of para-hydroxylation sites is 3. The zero-order valence-corrected chi connectivity index (χ0v) is 47.0. The zero-order valence-electron chi connectivity index (χ0n) is 55.0. The van der Waals surface area contributed by atoms with Crippen LogP contribution in [0.15, 0.2) is 180 Å². The quantitative estimate of drug-likeness (QED) is 0.142. The fraction of sp³-hybridized carbons (Fsp3) is 0.250. The van der Waals surface area contributed by atoms with Crippen LogP contribution in [0.5, 0.6) is 11.5 Å². The van der Waals surface area contributed by atoms with Crippen LogP contribution in [0.4, 0.5) is 28.4 Å². The van der Waals surface area contributed by atoms with E-state index in [0.29, 0.717) is 62.0 Å². The van der Waals surface area contributed by atoms with Crippen molar-refractivity contribution in [3.05, 3.63) is 210 Å². The van der Waals surface area contributed by atoms with E-state index >= 15 is 0 Å². The molecule has 1 aliphatic rings. The molecule has 4 heterocycles. The van der Waals surface area contributed by atoms with Gasteiger partial charge in [0.25, 0.3) is 0 Å². The number of hydrogen-bond acceptors (Lipinski definition) is 5. The van der Waals surface area contributed by atoms with Crippen LogP contribution in [-0.2, 0) is 22.6 Å². The predicted octanol–water partition coefficient (Wildman–Crippen LogP) is 20.5. The molecule has 1 aliphatic heterocycles. The average Bonchev–Trinajstić information content (AvgIpc) is 1.65. The van der Waals surface area contributed by atoms with Gasteiger partial charge in [0.05, 0.1) is 48.3 Å². The van der Waals surface area contributed by atoms with Crippen molar-refractivity contribution >= 4 is 72.2 Å². The minimum atomic E-state index is -1.83. The summed E-state index contributed by atoms with van der Waals surface area (Å²) in [5.41, 5.74) is 10.5. The van der Waals surface area contributed by atoms with E-state index in [0.717, 1.165) is 66.4 Å². The molecule has 0 unspecified atom stereocenters. The van der Waals surface area contributed by atoms with Crippen LogP contribution in [-0.4, -0.2) is 16.2 Å². The van der Waals surface area contributed by atoms with E-state index in [9.17, 15) is 5.48 Å². The van der Waals surface area contributed by atoms with Gasteiger partial charge >= 0.3 is 0 Å². The Labute approximate surface area is 476 Å². The molecular formula is C72H69N5O2. The van der Waals surface area contributed by atoms with Gasteiger partial charge in [0.2, 0.25) is 5.69 Å². The molecule has 0 aliphatic carbocycles. The monoisotopic (exact) mass is 1040 g/mol. The van der Waals surface area contributed by atoms with E-state index < -0.39 is 35.3 Å². The number of ether oxygens (including phenoxy) is 1. The summed E-state index contributed by atoms with van der Waals surface area (Å²) in [7, 11) is 0. The lowest BCUT2D eigenvalue weighted by atomic mass is 9.77. The Morgan fingerprint density at radius 2 is 1.23 bits per heavy atom. The summed E-state index contributed by atoms with van der Waals surface area (Å²) in [5, 5.41) is 3.20. The number of benzene rings is 8. The Bertz CT molecular complexity index is 4660. The van der Waals surface area contributed by atoms with Crippen molar-refractivity contribution in [3.8, 4) is 39.6 Å². The Morgan fingerprint density at radius 3 is 1.91 bits per heavy atom. The molecule has 0 N–H and O–H groups in total. The van der Waals surface area contributed by atoms with Crippen molar-refractivity contribution in [1.29, 1.82) is 0 Å². The molecule has 394 valence electrons. The lowest BCUT2D eigenvalue weighted by Crippen LogP contribution is -2.25. The normalized spacial score (nSPS) is 14.9. The highest BCUT2D eigenvalue weighted by Gasteiger charge is 2.34. The third-order valence-corrected chi connectivity index (χ3v) is 15.0. The number of rotatable bonds is 8. The Hall–Kier alpha value is -8.60. The van der Waals surface area contributed by atoms with E-state index in [1.807, 2.05) is 110 Å². The maximum absolute atomic E-state index is 9.51. The van der Waals surface area contributed by atoms with Gasteiger partial charge < -0.3 is 19.0 Å². The van der Waals surface area contributed by atoms with Gasteiger partial charge in [0.1, 0.15) is 35.2 Å². The molecule has 11 aromatic rings. The standard InChI is InChI=1S/C72H69N5O2/c1-69(2,3)43-45-33-34-74-64(35-45)77-62-32-31-55-54-25-20-26-59(73-13)67(54)79-68(55)65(62)56-30-29-53(42-63(56)77)78-52-24-19-23-51(41-52)75-44-76(61-28-18-17-27-60(61)75)66-57(46-21-15-14-16-22-46)39-50(72(10,11)12)40-58(66)47-36-48(70(4,5)6)38-49(37-47)71(7,8)9/h14-42H,43-44H2,1-12H3/i14D,15D,16D,21D,22D,34D,43D2. The first-order valence-corrected chi connectivity index (χ1v) is 27.0.